The lowest BCUT2D eigenvalue weighted by atomic mass is 10.2. The van der Waals surface area contributed by atoms with Gasteiger partial charge in [0.2, 0.25) is 0 Å². The van der Waals surface area contributed by atoms with Gasteiger partial charge >= 0.3 is 11.8 Å². The maximum absolute atomic E-state index is 11.7. The van der Waals surface area contributed by atoms with Gasteiger partial charge in [0.25, 0.3) is 0 Å². The second-order valence-electron chi connectivity index (χ2n) is 6.24. The number of ether oxygens (including phenoxy) is 3. The summed E-state index contributed by atoms with van der Waals surface area (Å²) >= 11 is 12.1. The van der Waals surface area contributed by atoms with Crippen LogP contribution >= 0.6 is 23.2 Å². The largest absolute Gasteiger partial charge is 0.493 e. The SMILES string of the molecule is COCCCNC(=O)C(=O)N/N=C\c1ccc(OCc2ccc(Cl)cc2Cl)c(OC)c1. The number of hydrazone groups is 1. The summed E-state index contributed by atoms with van der Waals surface area (Å²) in [6.07, 6.45) is 2.00. The van der Waals surface area contributed by atoms with E-state index in [4.69, 9.17) is 37.4 Å². The minimum atomic E-state index is -0.861. The van der Waals surface area contributed by atoms with E-state index in [-0.39, 0.29) is 6.61 Å². The third-order valence-corrected chi connectivity index (χ3v) is 4.57. The van der Waals surface area contributed by atoms with Gasteiger partial charge in [-0.15, -0.1) is 0 Å². The van der Waals surface area contributed by atoms with E-state index >= 15 is 0 Å². The van der Waals surface area contributed by atoms with Gasteiger partial charge in [-0.1, -0.05) is 29.3 Å². The summed E-state index contributed by atoms with van der Waals surface area (Å²) in [7, 11) is 3.07. The molecule has 2 rings (SSSR count). The molecule has 0 heterocycles. The van der Waals surface area contributed by atoms with Gasteiger partial charge in [0.1, 0.15) is 6.61 Å². The molecular weight excluding hydrogens is 445 g/mol. The van der Waals surface area contributed by atoms with Crippen molar-refractivity contribution in [3.63, 3.8) is 0 Å². The zero-order valence-electron chi connectivity index (χ0n) is 17.1. The molecule has 0 atom stereocenters. The normalized spacial score (nSPS) is 10.7. The number of halogens is 2. The van der Waals surface area contributed by atoms with Crippen LogP contribution in [0.5, 0.6) is 11.5 Å². The fraction of sp³-hybridized carbons (Fsp3) is 0.286. The number of carbonyl (C=O) groups is 2. The Bertz CT molecular complexity index is 937. The predicted molar refractivity (Wildman–Crippen MR) is 119 cm³/mol. The Hall–Kier alpha value is -2.81. The summed E-state index contributed by atoms with van der Waals surface area (Å²) in [5.74, 6) is -0.655. The molecule has 2 aromatic carbocycles. The van der Waals surface area contributed by atoms with Gasteiger partial charge in [0.15, 0.2) is 11.5 Å². The second kappa shape index (κ2) is 12.8. The van der Waals surface area contributed by atoms with E-state index < -0.39 is 11.8 Å². The lowest BCUT2D eigenvalue weighted by Gasteiger charge is -2.12. The van der Waals surface area contributed by atoms with Crippen molar-refractivity contribution in [2.45, 2.75) is 13.0 Å². The van der Waals surface area contributed by atoms with Crippen LogP contribution in [-0.2, 0) is 20.9 Å². The van der Waals surface area contributed by atoms with Crippen molar-refractivity contribution < 1.29 is 23.8 Å². The van der Waals surface area contributed by atoms with Crippen LogP contribution in [0, 0.1) is 0 Å². The van der Waals surface area contributed by atoms with Crippen LogP contribution in [-0.4, -0.2) is 45.4 Å². The molecule has 2 N–H and O–H groups in total. The molecule has 0 aliphatic carbocycles. The lowest BCUT2D eigenvalue weighted by Crippen LogP contribution is -2.38. The molecule has 166 valence electrons. The van der Waals surface area contributed by atoms with Gasteiger partial charge in [-0.25, -0.2) is 5.43 Å². The number of hydrogen-bond acceptors (Lipinski definition) is 6. The number of rotatable bonds is 10. The summed E-state index contributed by atoms with van der Waals surface area (Å²) in [6, 6.07) is 10.3. The first-order chi connectivity index (χ1) is 14.9. The monoisotopic (exact) mass is 467 g/mol. The first-order valence-electron chi connectivity index (χ1n) is 9.29. The highest BCUT2D eigenvalue weighted by molar-refractivity contribution is 6.35. The molecule has 0 unspecified atom stereocenters. The fourth-order valence-corrected chi connectivity index (χ4v) is 2.86. The van der Waals surface area contributed by atoms with E-state index in [0.717, 1.165) is 5.56 Å². The molecule has 0 spiro atoms. The van der Waals surface area contributed by atoms with E-state index in [9.17, 15) is 9.59 Å². The van der Waals surface area contributed by atoms with Gasteiger partial charge in [-0.05, 0) is 42.3 Å². The highest BCUT2D eigenvalue weighted by Crippen LogP contribution is 2.29. The number of hydrogen-bond donors (Lipinski definition) is 2. The molecule has 0 aliphatic heterocycles. The fourth-order valence-electron chi connectivity index (χ4n) is 2.39. The number of benzene rings is 2. The Balaban J connectivity index is 1.91. The molecule has 0 saturated heterocycles. The van der Waals surface area contributed by atoms with Gasteiger partial charge < -0.3 is 19.5 Å². The molecule has 0 aliphatic rings. The van der Waals surface area contributed by atoms with Crippen LogP contribution < -0.4 is 20.2 Å². The van der Waals surface area contributed by atoms with E-state index in [1.165, 1.54) is 13.3 Å². The summed E-state index contributed by atoms with van der Waals surface area (Å²) in [5, 5.41) is 7.31. The maximum Gasteiger partial charge on any atom is 0.329 e. The van der Waals surface area contributed by atoms with Crippen molar-refractivity contribution in [3.05, 3.63) is 57.6 Å². The average molecular weight is 468 g/mol. The lowest BCUT2D eigenvalue weighted by molar-refractivity contribution is -0.139. The van der Waals surface area contributed by atoms with Crippen molar-refractivity contribution in [1.29, 1.82) is 0 Å². The summed E-state index contributed by atoms with van der Waals surface area (Å²) in [4.78, 5) is 23.3. The van der Waals surface area contributed by atoms with Crippen molar-refractivity contribution >= 4 is 41.2 Å². The Morgan fingerprint density at radius 2 is 1.87 bits per heavy atom. The molecule has 0 radical (unpaired) electrons. The van der Waals surface area contributed by atoms with Crippen molar-refractivity contribution in [2.75, 3.05) is 27.4 Å². The third-order valence-electron chi connectivity index (χ3n) is 3.98. The zero-order valence-corrected chi connectivity index (χ0v) is 18.6. The number of nitrogens with one attached hydrogen (secondary N) is 2. The standard InChI is InChI=1S/C21H23Cl2N3O5/c1-29-9-3-8-24-20(27)21(28)26-25-12-14-4-7-18(19(10-14)30-2)31-13-15-5-6-16(22)11-17(15)23/h4-7,10-12H,3,8-9,13H2,1-2H3,(H,24,27)(H,26,28)/b25-12-. The van der Waals surface area contributed by atoms with E-state index in [0.29, 0.717) is 46.7 Å². The molecule has 10 heteroatoms. The van der Waals surface area contributed by atoms with Gasteiger partial charge in [-0.3, -0.25) is 9.59 Å². The number of amides is 2. The number of nitrogens with zero attached hydrogens (tertiary/aromatic N) is 1. The minimum absolute atomic E-state index is 0.231. The first kappa shape index (κ1) is 24.5. The van der Waals surface area contributed by atoms with Crippen LogP contribution in [0.1, 0.15) is 17.5 Å². The van der Waals surface area contributed by atoms with Crippen LogP contribution in [0.4, 0.5) is 0 Å². The molecule has 0 bridgehead atoms. The van der Waals surface area contributed by atoms with Gasteiger partial charge in [0.05, 0.1) is 13.3 Å². The smallest absolute Gasteiger partial charge is 0.329 e. The van der Waals surface area contributed by atoms with E-state index in [2.05, 4.69) is 15.8 Å². The Labute approximate surface area is 190 Å². The second-order valence-corrected chi connectivity index (χ2v) is 7.08. The van der Waals surface area contributed by atoms with Crippen molar-refractivity contribution in [2.24, 2.45) is 5.10 Å². The predicted octanol–water partition coefficient (Wildman–Crippen LogP) is 3.18. The summed E-state index contributed by atoms with van der Waals surface area (Å²) in [6.45, 7) is 1.06. The van der Waals surface area contributed by atoms with Gasteiger partial charge in [0, 0.05) is 35.9 Å². The molecule has 0 saturated carbocycles. The summed E-state index contributed by atoms with van der Waals surface area (Å²) < 4.78 is 16.0. The maximum atomic E-state index is 11.7. The molecule has 0 fully saturated rings. The number of carbonyl (C=O) groups excluding carboxylic acids is 2. The Morgan fingerprint density at radius 3 is 2.58 bits per heavy atom. The molecule has 2 amide bonds. The van der Waals surface area contributed by atoms with Crippen LogP contribution in [0.25, 0.3) is 0 Å². The number of methoxy groups -OCH3 is 2. The molecule has 2 aromatic rings. The topological polar surface area (TPSA) is 98.2 Å². The molecule has 0 aromatic heterocycles. The molecule has 8 nitrogen and oxygen atoms in total. The van der Waals surface area contributed by atoms with Crippen LogP contribution in [0.15, 0.2) is 41.5 Å². The highest BCUT2D eigenvalue weighted by atomic mass is 35.5. The molecule has 31 heavy (non-hydrogen) atoms. The first-order valence-corrected chi connectivity index (χ1v) is 10.0. The zero-order chi connectivity index (χ0) is 22.6. The van der Waals surface area contributed by atoms with Crippen molar-refractivity contribution in [1.82, 2.24) is 10.7 Å². The average Bonchev–Trinajstić information content (AvgIpc) is 2.76. The Kier molecular flexibility index (Phi) is 10.1. The quantitative estimate of drug-likeness (QED) is 0.242. The third kappa shape index (κ3) is 8.09. The van der Waals surface area contributed by atoms with E-state index in [1.54, 1.807) is 43.5 Å². The van der Waals surface area contributed by atoms with Crippen LogP contribution in [0.2, 0.25) is 10.0 Å². The highest BCUT2D eigenvalue weighted by Gasteiger charge is 2.11. The summed E-state index contributed by atoms with van der Waals surface area (Å²) in [5.41, 5.74) is 3.58. The van der Waals surface area contributed by atoms with Gasteiger partial charge in [-0.2, -0.15) is 5.10 Å². The Morgan fingerprint density at radius 1 is 1.06 bits per heavy atom. The minimum Gasteiger partial charge on any atom is -0.493 e. The molecular formula is C21H23Cl2N3O5. The van der Waals surface area contributed by atoms with E-state index in [1.807, 2.05) is 0 Å². The van der Waals surface area contributed by atoms with Crippen molar-refractivity contribution in [3.8, 4) is 11.5 Å². The van der Waals surface area contributed by atoms with Crippen LogP contribution in [0.3, 0.4) is 0 Å².